The molecule has 0 saturated heterocycles. The molecule has 1 N–H and O–H groups in total. The van der Waals surface area contributed by atoms with Crippen molar-refractivity contribution in [1.82, 2.24) is 4.57 Å². The highest BCUT2D eigenvalue weighted by Gasteiger charge is 2.12. The maximum atomic E-state index is 12.1. The van der Waals surface area contributed by atoms with Crippen molar-refractivity contribution in [3.63, 3.8) is 0 Å². The van der Waals surface area contributed by atoms with Gasteiger partial charge in [0, 0.05) is 17.7 Å². The van der Waals surface area contributed by atoms with Gasteiger partial charge in [0.25, 0.3) is 5.91 Å². The molecule has 0 aliphatic carbocycles. The number of benzene rings is 1. The van der Waals surface area contributed by atoms with Crippen LogP contribution in [-0.2, 0) is 7.05 Å². The number of halogens is 2. The summed E-state index contributed by atoms with van der Waals surface area (Å²) in [5.74, 6) is -0.186. The van der Waals surface area contributed by atoms with Gasteiger partial charge in [-0.2, -0.15) is 0 Å². The molecule has 0 bridgehead atoms. The van der Waals surface area contributed by atoms with Gasteiger partial charge >= 0.3 is 0 Å². The van der Waals surface area contributed by atoms with Crippen molar-refractivity contribution in [3.05, 3.63) is 51.2 Å². The van der Waals surface area contributed by atoms with Crippen LogP contribution in [0.3, 0.4) is 0 Å². The highest BCUT2D eigenvalue weighted by Crippen LogP contribution is 2.23. The molecule has 2 aromatic rings. The molecule has 0 saturated carbocycles. The third kappa shape index (κ3) is 2.76. The number of rotatable bonds is 2. The number of aromatic nitrogens is 1. The molecule has 94 valence electrons. The topological polar surface area (TPSA) is 34.0 Å². The van der Waals surface area contributed by atoms with E-state index in [4.69, 9.17) is 11.6 Å². The summed E-state index contributed by atoms with van der Waals surface area (Å²) in [5.41, 5.74) is 2.24. The van der Waals surface area contributed by atoms with Crippen LogP contribution in [0.5, 0.6) is 0 Å². The summed E-state index contributed by atoms with van der Waals surface area (Å²) >= 11 is 9.41. The number of amides is 1. The van der Waals surface area contributed by atoms with Crippen molar-refractivity contribution in [2.24, 2.45) is 7.05 Å². The van der Waals surface area contributed by atoms with Gasteiger partial charge in [-0.25, -0.2) is 0 Å². The first-order valence-electron chi connectivity index (χ1n) is 5.37. The number of nitrogens with zero attached hydrogens (tertiary/aromatic N) is 1. The molecule has 3 nitrogen and oxygen atoms in total. The number of hydrogen-bond acceptors (Lipinski definition) is 1. The van der Waals surface area contributed by atoms with Crippen molar-refractivity contribution < 1.29 is 4.79 Å². The zero-order valence-electron chi connectivity index (χ0n) is 10.00. The fourth-order valence-electron chi connectivity index (χ4n) is 1.66. The molecule has 1 aromatic carbocycles. The van der Waals surface area contributed by atoms with E-state index in [1.54, 1.807) is 16.7 Å². The Morgan fingerprint density at radius 2 is 2.11 bits per heavy atom. The minimum absolute atomic E-state index is 0.186. The Balaban J connectivity index is 2.24. The van der Waals surface area contributed by atoms with Gasteiger partial charge in [0.2, 0.25) is 0 Å². The highest BCUT2D eigenvalue weighted by molar-refractivity contribution is 9.10. The van der Waals surface area contributed by atoms with E-state index in [0.29, 0.717) is 16.4 Å². The van der Waals surface area contributed by atoms with Crippen LogP contribution in [-0.4, -0.2) is 10.5 Å². The van der Waals surface area contributed by atoms with Gasteiger partial charge in [0.15, 0.2) is 0 Å². The average molecular weight is 328 g/mol. The van der Waals surface area contributed by atoms with Gasteiger partial charge in [-0.15, -0.1) is 0 Å². The van der Waals surface area contributed by atoms with Crippen LogP contribution < -0.4 is 5.32 Å². The fraction of sp³-hybridized carbons (Fsp3) is 0.154. The lowest BCUT2D eigenvalue weighted by Gasteiger charge is -2.08. The molecule has 0 spiro atoms. The molecule has 0 radical (unpaired) electrons. The average Bonchev–Trinajstić information content (AvgIpc) is 2.62. The van der Waals surface area contributed by atoms with Gasteiger partial charge in [-0.3, -0.25) is 4.79 Å². The molecular weight excluding hydrogens is 316 g/mol. The molecule has 18 heavy (non-hydrogen) atoms. The molecule has 1 heterocycles. The number of carbonyl (C=O) groups is 1. The second-order valence-corrected chi connectivity index (χ2v) is 5.41. The van der Waals surface area contributed by atoms with Gasteiger partial charge in [0.05, 0.1) is 10.7 Å². The molecule has 0 unspecified atom stereocenters. The maximum absolute atomic E-state index is 12.1. The lowest BCUT2D eigenvalue weighted by atomic mass is 10.2. The lowest BCUT2D eigenvalue weighted by Crippen LogP contribution is -2.15. The van der Waals surface area contributed by atoms with E-state index in [1.807, 2.05) is 32.3 Å². The van der Waals surface area contributed by atoms with Crippen molar-refractivity contribution in [3.8, 4) is 0 Å². The Morgan fingerprint density at radius 3 is 2.67 bits per heavy atom. The first-order chi connectivity index (χ1) is 8.47. The predicted molar refractivity (Wildman–Crippen MR) is 77.3 cm³/mol. The normalized spacial score (nSPS) is 10.4. The Kier molecular flexibility index (Phi) is 3.78. The smallest absolute Gasteiger partial charge is 0.272 e. The second kappa shape index (κ2) is 5.16. The van der Waals surface area contributed by atoms with Crippen molar-refractivity contribution in [2.75, 3.05) is 5.32 Å². The Morgan fingerprint density at radius 1 is 1.39 bits per heavy atom. The third-order valence-electron chi connectivity index (χ3n) is 2.58. The van der Waals surface area contributed by atoms with Gasteiger partial charge in [0.1, 0.15) is 5.69 Å². The van der Waals surface area contributed by atoms with Crippen LogP contribution in [0.2, 0.25) is 5.02 Å². The van der Waals surface area contributed by atoms with E-state index >= 15 is 0 Å². The number of aryl methyl sites for hydroxylation is 2. The van der Waals surface area contributed by atoms with Gasteiger partial charge in [-0.1, -0.05) is 17.7 Å². The summed E-state index contributed by atoms with van der Waals surface area (Å²) < 4.78 is 2.62. The number of anilines is 1. The number of nitrogens with one attached hydrogen (secondary N) is 1. The molecule has 2 rings (SSSR count). The van der Waals surface area contributed by atoms with Crippen LogP contribution in [0.1, 0.15) is 16.1 Å². The summed E-state index contributed by atoms with van der Waals surface area (Å²) in [6, 6.07) is 7.28. The largest absolute Gasteiger partial charge is 0.345 e. The summed E-state index contributed by atoms with van der Waals surface area (Å²) in [4.78, 5) is 12.1. The van der Waals surface area contributed by atoms with E-state index in [1.165, 1.54) is 0 Å². The first-order valence-corrected chi connectivity index (χ1v) is 6.54. The summed E-state index contributed by atoms with van der Waals surface area (Å²) in [5, 5.41) is 3.33. The molecule has 0 fully saturated rings. The van der Waals surface area contributed by atoms with Crippen LogP contribution in [0.15, 0.2) is 34.9 Å². The zero-order chi connectivity index (χ0) is 13.3. The molecule has 0 aliphatic heterocycles. The Labute approximate surface area is 119 Å². The van der Waals surface area contributed by atoms with E-state index in [-0.39, 0.29) is 5.91 Å². The Hall–Kier alpha value is -1.26. The monoisotopic (exact) mass is 326 g/mol. The predicted octanol–water partition coefficient (Wildman–Crippen LogP) is 4.00. The van der Waals surface area contributed by atoms with Gasteiger partial charge in [-0.05, 0) is 46.6 Å². The maximum Gasteiger partial charge on any atom is 0.272 e. The standard InChI is InChI=1S/C13H12BrClN2O/c1-8-3-4-11(10(15)5-8)16-13(18)12-6-9(14)7-17(12)2/h3-7H,1-2H3,(H,16,18). The molecule has 5 heteroatoms. The fourth-order valence-corrected chi connectivity index (χ4v) is 2.46. The molecule has 1 aromatic heterocycles. The summed E-state index contributed by atoms with van der Waals surface area (Å²) in [7, 11) is 1.82. The van der Waals surface area contributed by atoms with Crippen LogP contribution in [0.4, 0.5) is 5.69 Å². The quantitative estimate of drug-likeness (QED) is 0.888. The lowest BCUT2D eigenvalue weighted by molar-refractivity contribution is 0.101. The summed E-state index contributed by atoms with van der Waals surface area (Å²) in [6.07, 6.45) is 1.83. The summed E-state index contributed by atoms with van der Waals surface area (Å²) in [6.45, 7) is 1.95. The van der Waals surface area contributed by atoms with E-state index < -0.39 is 0 Å². The molecule has 0 atom stereocenters. The van der Waals surface area contributed by atoms with Crippen LogP contribution in [0, 0.1) is 6.92 Å². The number of hydrogen-bond donors (Lipinski definition) is 1. The first kappa shape index (κ1) is 13.2. The second-order valence-electron chi connectivity index (χ2n) is 4.09. The Bertz CT molecular complexity index is 607. The molecular formula is C13H12BrClN2O. The molecule has 0 aliphatic rings. The number of carbonyl (C=O) groups excluding carboxylic acids is 1. The van der Waals surface area contributed by atoms with E-state index in [2.05, 4.69) is 21.2 Å². The van der Waals surface area contributed by atoms with Crippen molar-refractivity contribution >= 4 is 39.1 Å². The van der Waals surface area contributed by atoms with Gasteiger partial charge < -0.3 is 9.88 Å². The molecule has 1 amide bonds. The minimum Gasteiger partial charge on any atom is -0.345 e. The van der Waals surface area contributed by atoms with Crippen LogP contribution >= 0.6 is 27.5 Å². The minimum atomic E-state index is -0.186. The zero-order valence-corrected chi connectivity index (χ0v) is 12.3. The third-order valence-corrected chi connectivity index (χ3v) is 3.32. The van der Waals surface area contributed by atoms with E-state index in [0.717, 1.165) is 10.0 Å². The van der Waals surface area contributed by atoms with Crippen molar-refractivity contribution in [2.45, 2.75) is 6.92 Å². The van der Waals surface area contributed by atoms with Crippen molar-refractivity contribution in [1.29, 1.82) is 0 Å². The van der Waals surface area contributed by atoms with E-state index in [9.17, 15) is 4.79 Å². The SMILES string of the molecule is Cc1ccc(NC(=O)c2cc(Br)cn2C)c(Cl)c1. The highest BCUT2D eigenvalue weighted by atomic mass is 79.9. The van der Waals surface area contributed by atoms with Crippen LogP contribution in [0.25, 0.3) is 0 Å².